The Hall–Kier alpha value is -2.01. The van der Waals surface area contributed by atoms with E-state index in [0.717, 1.165) is 0 Å². The van der Waals surface area contributed by atoms with E-state index in [2.05, 4.69) is 0 Å². The van der Waals surface area contributed by atoms with E-state index in [1.807, 2.05) is 6.92 Å². The van der Waals surface area contributed by atoms with E-state index in [1.54, 1.807) is 25.1 Å². The van der Waals surface area contributed by atoms with Crippen LogP contribution >= 0.6 is 0 Å². The van der Waals surface area contributed by atoms with Gasteiger partial charge in [-0.25, -0.2) is 8.42 Å². The molecule has 0 unspecified atom stereocenters. The number of sulfone groups is 1. The van der Waals surface area contributed by atoms with Gasteiger partial charge >= 0.3 is 0 Å². The number of phenols is 1. The minimum atomic E-state index is -3.58. The standard InChI is InChI=1S/C15H16O4S/c1-3-19-13-6-9-15(11(2)10-13)20(17,18)14-7-4-12(16)5-8-14/h4-10,16H,3H2,1-2H3. The molecule has 0 saturated heterocycles. The van der Waals surface area contributed by atoms with Crippen LogP contribution in [-0.2, 0) is 9.84 Å². The van der Waals surface area contributed by atoms with Crippen LogP contribution in [0.4, 0.5) is 0 Å². The lowest BCUT2D eigenvalue weighted by molar-refractivity contribution is 0.339. The number of hydrogen-bond acceptors (Lipinski definition) is 4. The third-order valence-electron chi connectivity index (χ3n) is 2.89. The first-order valence-corrected chi connectivity index (χ1v) is 7.71. The van der Waals surface area contributed by atoms with Crippen molar-refractivity contribution in [3.63, 3.8) is 0 Å². The van der Waals surface area contributed by atoms with Gasteiger partial charge in [-0.05, 0) is 61.9 Å². The molecular weight excluding hydrogens is 276 g/mol. The van der Waals surface area contributed by atoms with Crippen molar-refractivity contribution >= 4 is 9.84 Å². The molecule has 0 aromatic heterocycles. The molecule has 0 atom stereocenters. The van der Waals surface area contributed by atoms with Gasteiger partial charge in [-0.1, -0.05) is 0 Å². The summed E-state index contributed by atoms with van der Waals surface area (Å²) >= 11 is 0. The number of hydrogen-bond donors (Lipinski definition) is 1. The van der Waals surface area contributed by atoms with E-state index in [9.17, 15) is 13.5 Å². The second kappa shape index (κ2) is 5.54. The molecular formula is C15H16O4S. The van der Waals surface area contributed by atoms with Gasteiger partial charge in [0.15, 0.2) is 0 Å². The summed E-state index contributed by atoms with van der Waals surface area (Å²) in [7, 11) is -3.58. The molecule has 0 fully saturated rings. The van der Waals surface area contributed by atoms with Gasteiger partial charge in [0.05, 0.1) is 16.4 Å². The van der Waals surface area contributed by atoms with Crippen LogP contribution in [-0.4, -0.2) is 20.1 Å². The lowest BCUT2D eigenvalue weighted by atomic mass is 10.2. The van der Waals surface area contributed by atoms with Crippen molar-refractivity contribution in [1.29, 1.82) is 0 Å². The average Bonchev–Trinajstić information content (AvgIpc) is 2.39. The largest absolute Gasteiger partial charge is 0.508 e. The number of rotatable bonds is 4. The summed E-state index contributed by atoms with van der Waals surface area (Å²) in [5, 5.41) is 9.23. The highest BCUT2D eigenvalue weighted by Crippen LogP contribution is 2.27. The molecule has 0 amide bonds. The molecule has 0 bridgehead atoms. The van der Waals surface area contributed by atoms with Crippen LogP contribution < -0.4 is 4.74 Å². The van der Waals surface area contributed by atoms with Crippen molar-refractivity contribution in [2.24, 2.45) is 0 Å². The molecule has 2 aromatic rings. The van der Waals surface area contributed by atoms with Crippen LogP contribution in [0, 0.1) is 6.92 Å². The molecule has 5 heteroatoms. The summed E-state index contributed by atoms with van der Waals surface area (Å²) in [6.45, 7) is 4.13. The van der Waals surface area contributed by atoms with E-state index < -0.39 is 9.84 Å². The van der Waals surface area contributed by atoms with Crippen molar-refractivity contribution in [2.45, 2.75) is 23.6 Å². The first-order chi connectivity index (χ1) is 9.45. The lowest BCUT2D eigenvalue weighted by Crippen LogP contribution is -2.04. The minimum Gasteiger partial charge on any atom is -0.508 e. The fourth-order valence-corrected chi connectivity index (χ4v) is 3.41. The van der Waals surface area contributed by atoms with Crippen molar-refractivity contribution in [2.75, 3.05) is 6.61 Å². The van der Waals surface area contributed by atoms with Gasteiger partial charge in [0.2, 0.25) is 9.84 Å². The Morgan fingerprint density at radius 3 is 2.30 bits per heavy atom. The van der Waals surface area contributed by atoms with Crippen LogP contribution in [0.2, 0.25) is 0 Å². The van der Waals surface area contributed by atoms with E-state index in [0.29, 0.717) is 17.9 Å². The zero-order valence-corrected chi connectivity index (χ0v) is 12.1. The van der Waals surface area contributed by atoms with Crippen molar-refractivity contribution in [1.82, 2.24) is 0 Å². The van der Waals surface area contributed by atoms with Gasteiger partial charge in [-0.3, -0.25) is 0 Å². The van der Waals surface area contributed by atoms with Gasteiger partial charge in [-0.15, -0.1) is 0 Å². The van der Waals surface area contributed by atoms with Gasteiger partial charge in [0.25, 0.3) is 0 Å². The Labute approximate surface area is 118 Å². The van der Waals surface area contributed by atoms with Gasteiger partial charge < -0.3 is 9.84 Å². The number of ether oxygens (including phenoxy) is 1. The molecule has 0 spiro atoms. The Balaban J connectivity index is 2.46. The number of benzene rings is 2. The molecule has 2 aromatic carbocycles. The predicted molar refractivity (Wildman–Crippen MR) is 75.9 cm³/mol. The summed E-state index contributed by atoms with van der Waals surface area (Å²) in [5.74, 6) is 0.682. The van der Waals surface area contributed by atoms with E-state index in [4.69, 9.17) is 4.74 Å². The molecule has 0 aliphatic rings. The second-order valence-electron chi connectivity index (χ2n) is 4.36. The van der Waals surface area contributed by atoms with Crippen molar-refractivity contribution in [3.8, 4) is 11.5 Å². The number of phenolic OH excluding ortho intramolecular Hbond substituents is 1. The fraction of sp³-hybridized carbons (Fsp3) is 0.200. The maximum absolute atomic E-state index is 12.5. The maximum atomic E-state index is 12.5. The molecule has 2 rings (SSSR count). The van der Waals surface area contributed by atoms with Crippen LogP contribution in [0.1, 0.15) is 12.5 Å². The highest BCUT2D eigenvalue weighted by molar-refractivity contribution is 7.91. The molecule has 0 aliphatic carbocycles. The Morgan fingerprint density at radius 2 is 1.75 bits per heavy atom. The summed E-state index contributed by atoms with van der Waals surface area (Å²) in [4.78, 5) is 0.397. The average molecular weight is 292 g/mol. The Kier molecular flexibility index (Phi) is 3.99. The first kappa shape index (κ1) is 14.4. The van der Waals surface area contributed by atoms with E-state index in [1.165, 1.54) is 24.3 Å². The van der Waals surface area contributed by atoms with Gasteiger partial charge in [-0.2, -0.15) is 0 Å². The zero-order chi connectivity index (χ0) is 14.8. The monoisotopic (exact) mass is 292 g/mol. The first-order valence-electron chi connectivity index (χ1n) is 6.22. The summed E-state index contributed by atoms with van der Waals surface area (Å²) in [6, 6.07) is 10.4. The Bertz CT molecular complexity index is 703. The summed E-state index contributed by atoms with van der Waals surface area (Å²) in [6.07, 6.45) is 0. The smallest absolute Gasteiger partial charge is 0.206 e. The molecule has 106 valence electrons. The summed E-state index contributed by atoms with van der Waals surface area (Å²) < 4.78 is 30.4. The van der Waals surface area contributed by atoms with Gasteiger partial charge in [0.1, 0.15) is 11.5 Å². The molecule has 4 nitrogen and oxygen atoms in total. The molecule has 0 aliphatic heterocycles. The minimum absolute atomic E-state index is 0.0346. The number of aryl methyl sites for hydroxylation is 1. The zero-order valence-electron chi connectivity index (χ0n) is 11.3. The van der Waals surface area contributed by atoms with E-state index >= 15 is 0 Å². The van der Waals surface area contributed by atoms with Crippen LogP contribution in [0.15, 0.2) is 52.3 Å². The van der Waals surface area contributed by atoms with Crippen molar-refractivity contribution in [3.05, 3.63) is 48.0 Å². The number of aromatic hydroxyl groups is 1. The van der Waals surface area contributed by atoms with Gasteiger partial charge in [0, 0.05) is 0 Å². The van der Waals surface area contributed by atoms with Crippen LogP contribution in [0.3, 0.4) is 0 Å². The Morgan fingerprint density at radius 1 is 1.10 bits per heavy atom. The lowest BCUT2D eigenvalue weighted by Gasteiger charge is -2.10. The highest BCUT2D eigenvalue weighted by atomic mass is 32.2. The van der Waals surface area contributed by atoms with Crippen LogP contribution in [0.5, 0.6) is 11.5 Å². The predicted octanol–water partition coefficient (Wildman–Crippen LogP) is 2.93. The quantitative estimate of drug-likeness (QED) is 0.941. The topological polar surface area (TPSA) is 63.6 Å². The molecule has 0 radical (unpaired) electrons. The third kappa shape index (κ3) is 2.77. The van der Waals surface area contributed by atoms with Crippen molar-refractivity contribution < 1.29 is 18.3 Å². The molecule has 1 N–H and O–H groups in total. The third-order valence-corrected chi connectivity index (χ3v) is 4.82. The van der Waals surface area contributed by atoms with E-state index in [-0.39, 0.29) is 15.5 Å². The molecule has 0 saturated carbocycles. The fourth-order valence-electron chi connectivity index (χ4n) is 1.93. The molecule has 20 heavy (non-hydrogen) atoms. The molecule has 0 heterocycles. The SMILES string of the molecule is CCOc1ccc(S(=O)(=O)c2ccc(O)cc2)c(C)c1. The highest BCUT2D eigenvalue weighted by Gasteiger charge is 2.20. The second-order valence-corrected chi connectivity index (χ2v) is 6.28. The maximum Gasteiger partial charge on any atom is 0.206 e. The normalized spacial score (nSPS) is 11.3. The van der Waals surface area contributed by atoms with Crippen LogP contribution in [0.25, 0.3) is 0 Å². The summed E-state index contributed by atoms with van der Waals surface area (Å²) in [5.41, 5.74) is 0.629.